The zero-order valence-electron chi connectivity index (χ0n) is 11.8. The van der Waals surface area contributed by atoms with E-state index in [-0.39, 0.29) is 12.4 Å². The van der Waals surface area contributed by atoms with Crippen molar-refractivity contribution >= 4 is 12.4 Å². The summed E-state index contributed by atoms with van der Waals surface area (Å²) in [5.74, 6) is 1.82. The van der Waals surface area contributed by atoms with Gasteiger partial charge in [-0.15, -0.1) is 12.4 Å². The normalized spacial score (nSPS) is 15.7. The van der Waals surface area contributed by atoms with E-state index >= 15 is 0 Å². The molecule has 1 aliphatic carbocycles. The molecule has 1 aromatic carbocycles. The Balaban J connectivity index is 0.00000180. The number of hydrogen-bond donors (Lipinski definition) is 1. The first-order valence-electron chi connectivity index (χ1n) is 6.78. The number of methoxy groups -OCH3 is 2. The van der Waals surface area contributed by atoms with Crippen LogP contribution < -0.4 is 14.8 Å². The number of hydrogen-bond acceptors (Lipinski definition) is 3. The molecule has 4 heteroatoms. The SMILES string of the molecule is COc1ccc(OC)c(CNC2CCCCC2)c1.Cl. The molecule has 0 bridgehead atoms. The minimum atomic E-state index is 0. The summed E-state index contributed by atoms with van der Waals surface area (Å²) < 4.78 is 10.7. The van der Waals surface area contributed by atoms with E-state index in [9.17, 15) is 0 Å². The quantitative estimate of drug-likeness (QED) is 0.897. The van der Waals surface area contributed by atoms with Crippen molar-refractivity contribution in [2.45, 2.75) is 44.7 Å². The van der Waals surface area contributed by atoms with E-state index in [2.05, 4.69) is 11.4 Å². The fraction of sp³-hybridized carbons (Fsp3) is 0.600. The molecule has 3 nitrogen and oxygen atoms in total. The third-order valence-corrected chi connectivity index (χ3v) is 3.67. The van der Waals surface area contributed by atoms with Crippen molar-refractivity contribution in [3.63, 3.8) is 0 Å². The van der Waals surface area contributed by atoms with Crippen molar-refractivity contribution < 1.29 is 9.47 Å². The van der Waals surface area contributed by atoms with Crippen LogP contribution in [0.3, 0.4) is 0 Å². The van der Waals surface area contributed by atoms with E-state index < -0.39 is 0 Å². The zero-order chi connectivity index (χ0) is 12.8. The van der Waals surface area contributed by atoms with Gasteiger partial charge in [-0.25, -0.2) is 0 Å². The lowest BCUT2D eigenvalue weighted by Gasteiger charge is -2.23. The molecule has 0 heterocycles. The summed E-state index contributed by atoms with van der Waals surface area (Å²) in [7, 11) is 3.41. The molecule has 1 saturated carbocycles. The first-order valence-corrected chi connectivity index (χ1v) is 6.78. The van der Waals surface area contributed by atoms with Crippen molar-refractivity contribution in [1.82, 2.24) is 5.32 Å². The fourth-order valence-corrected chi connectivity index (χ4v) is 2.58. The van der Waals surface area contributed by atoms with Gasteiger partial charge in [0.2, 0.25) is 0 Å². The minimum absolute atomic E-state index is 0. The van der Waals surface area contributed by atoms with Crippen LogP contribution in [0.2, 0.25) is 0 Å². The number of nitrogens with one attached hydrogen (secondary N) is 1. The number of rotatable bonds is 5. The molecule has 0 spiro atoms. The summed E-state index contributed by atoms with van der Waals surface area (Å²) in [5, 5.41) is 3.63. The van der Waals surface area contributed by atoms with E-state index in [0.29, 0.717) is 6.04 Å². The molecule has 0 radical (unpaired) electrons. The van der Waals surface area contributed by atoms with Crippen LogP contribution >= 0.6 is 12.4 Å². The van der Waals surface area contributed by atoms with Crippen molar-refractivity contribution in [1.29, 1.82) is 0 Å². The molecule has 0 atom stereocenters. The van der Waals surface area contributed by atoms with Gasteiger partial charge in [-0.3, -0.25) is 0 Å². The van der Waals surface area contributed by atoms with Gasteiger partial charge in [0.05, 0.1) is 14.2 Å². The third-order valence-electron chi connectivity index (χ3n) is 3.67. The molecule has 0 amide bonds. The van der Waals surface area contributed by atoms with Gasteiger partial charge in [0.25, 0.3) is 0 Å². The van der Waals surface area contributed by atoms with Crippen LogP contribution in [0.15, 0.2) is 18.2 Å². The topological polar surface area (TPSA) is 30.5 Å². The summed E-state index contributed by atoms with van der Waals surface area (Å²) >= 11 is 0. The number of halogens is 1. The molecule has 0 saturated heterocycles. The van der Waals surface area contributed by atoms with E-state index in [1.807, 2.05) is 12.1 Å². The minimum Gasteiger partial charge on any atom is -0.497 e. The highest BCUT2D eigenvalue weighted by Crippen LogP contribution is 2.25. The Morgan fingerprint density at radius 3 is 2.47 bits per heavy atom. The average Bonchev–Trinajstić information content (AvgIpc) is 2.45. The lowest BCUT2D eigenvalue weighted by Crippen LogP contribution is -2.30. The second-order valence-electron chi connectivity index (χ2n) is 4.89. The van der Waals surface area contributed by atoms with Gasteiger partial charge in [-0.05, 0) is 31.0 Å². The fourth-order valence-electron chi connectivity index (χ4n) is 2.58. The van der Waals surface area contributed by atoms with E-state index in [1.165, 1.54) is 37.7 Å². The molecular weight excluding hydrogens is 262 g/mol. The van der Waals surface area contributed by atoms with Gasteiger partial charge in [0.1, 0.15) is 11.5 Å². The van der Waals surface area contributed by atoms with Crippen LogP contribution in [-0.2, 0) is 6.54 Å². The molecule has 0 unspecified atom stereocenters. The largest absolute Gasteiger partial charge is 0.497 e. The van der Waals surface area contributed by atoms with Crippen molar-refractivity contribution in [2.24, 2.45) is 0 Å². The summed E-state index contributed by atoms with van der Waals surface area (Å²) in [6.45, 7) is 0.852. The van der Waals surface area contributed by atoms with E-state index in [1.54, 1.807) is 14.2 Å². The highest BCUT2D eigenvalue weighted by atomic mass is 35.5. The second kappa shape index (κ2) is 8.28. The summed E-state index contributed by atoms with van der Waals surface area (Å²) in [5.41, 5.74) is 1.17. The van der Waals surface area contributed by atoms with Crippen molar-refractivity contribution in [3.05, 3.63) is 23.8 Å². The monoisotopic (exact) mass is 285 g/mol. The highest BCUT2D eigenvalue weighted by Gasteiger charge is 2.13. The molecule has 0 aliphatic heterocycles. The van der Waals surface area contributed by atoms with Gasteiger partial charge in [-0.2, -0.15) is 0 Å². The van der Waals surface area contributed by atoms with Gasteiger partial charge < -0.3 is 14.8 Å². The lowest BCUT2D eigenvalue weighted by molar-refractivity contribution is 0.363. The van der Waals surface area contributed by atoms with E-state index in [4.69, 9.17) is 9.47 Å². The molecule has 2 rings (SSSR count). The number of ether oxygens (including phenoxy) is 2. The van der Waals surface area contributed by atoms with Gasteiger partial charge in [0, 0.05) is 18.2 Å². The Kier molecular flexibility index (Phi) is 7.03. The van der Waals surface area contributed by atoms with Crippen molar-refractivity contribution in [3.8, 4) is 11.5 Å². The summed E-state index contributed by atoms with van der Waals surface area (Å²) in [6, 6.07) is 6.61. The molecule has 0 aromatic heterocycles. The Morgan fingerprint density at radius 2 is 1.84 bits per heavy atom. The van der Waals surface area contributed by atoms with Crippen LogP contribution in [0.4, 0.5) is 0 Å². The summed E-state index contributed by atoms with van der Waals surface area (Å²) in [4.78, 5) is 0. The predicted octanol–water partition coefficient (Wildman–Crippen LogP) is 3.55. The Morgan fingerprint density at radius 1 is 1.11 bits per heavy atom. The third kappa shape index (κ3) is 4.59. The first-order chi connectivity index (χ1) is 8.83. The molecule has 1 aromatic rings. The summed E-state index contributed by atoms with van der Waals surface area (Å²) in [6.07, 6.45) is 6.69. The van der Waals surface area contributed by atoms with Crippen LogP contribution in [0.25, 0.3) is 0 Å². The van der Waals surface area contributed by atoms with Crippen LogP contribution in [0.5, 0.6) is 11.5 Å². The molecule has 1 N–H and O–H groups in total. The first kappa shape index (κ1) is 16.1. The van der Waals surface area contributed by atoms with Crippen LogP contribution in [0.1, 0.15) is 37.7 Å². The second-order valence-corrected chi connectivity index (χ2v) is 4.89. The smallest absolute Gasteiger partial charge is 0.123 e. The van der Waals surface area contributed by atoms with Crippen LogP contribution in [-0.4, -0.2) is 20.3 Å². The Hall–Kier alpha value is -0.930. The maximum atomic E-state index is 5.39. The highest BCUT2D eigenvalue weighted by molar-refractivity contribution is 5.85. The predicted molar refractivity (Wildman–Crippen MR) is 80.5 cm³/mol. The number of benzene rings is 1. The standard InChI is InChI=1S/C15H23NO2.ClH/c1-17-14-8-9-15(18-2)12(10-14)11-16-13-6-4-3-5-7-13;/h8-10,13,16H,3-7,11H2,1-2H3;1H. The van der Waals surface area contributed by atoms with E-state index in [0.717, 1.165) is 18.0 Å². The molecular formula is C15H24ClNO2. The zero-order valence-corrected chi connectivity index (χ0v) is 12.6. The van der Waals surface area contributed by atoms with Gasteiger partial charge in [0.15, 0.2) is 0 Å². The van der Waals surface area contributed by atoms with Crippen molar-refractivity contribution in [2.75, 3.05) is 14.2 Å². The average molecular weight is 286 g/mol. The van der Waals surface area contributed by atoms with Gasteiger partial charge in [-0.1, -0.05) is 19.3 Å². The van der Waals surface area contributed by atoms with Gasteiger partial charge >= 0.3 is 0 Å². The maximum Gasteiger partial charge on any atom is 0.123 e. The molecule has 1 aliphatic rings. The molecule has 108 valence electrons. The molecule has 19 heavy (non-hydrogen) atoms. The Bertz CT molecular complexity index is 378. The lowest BCUT2D eigenvalue weighted by atomic mass is 9.95. The Labute approximate surface area is 122 Å². The maximum absolute atomic E-state index is 5.39. The molecule has 1 fully saturated rings. The van der Waals surface area contributed by atoms with Crippen LogP contribution in [0, 0.1) is 0 Å².